The Bertz CT molecular complexity index is 1400. The fourth-order valence-electron chi connectivity index (χ4n) is 7.93. The fourth-order valence-corrected chi connectivity index (χ4v) is 15.8. The maximum atomic E-state index is 11.8. The molecule has 1 saturated carbocycles. The SMILES string of the molecule is COc1ccccc1CCC1(c2cnc(N[C@@H]3C[C@H](CO[Si](C)(C)C(C)(C)C)[C@@H](O[Si](C(C)C)(C(C)C)C(C)C)C3)nc2)C=C(C=O)SC1. The Morgan fingerprint density at radius 2 is 1.65 bits per heavy atom. The van der Waals surface area contributed by atoms with Crippen LogP contribution >= 0.6 is 11.8 Å². The first-order chi connectivity index (χ1) is 23.0. The minimum Gasteiger partial charge on any atom is -0.496 e. The van der Waals surface area contributed by atoms with E-state index in [1.807, 2.05) is 30.6 Å². The van der Waals surface area contributed by atoms with Crippen LogP contribution in [0.2, 0.25) is 34.8 Å². The van der Waals surface area contributed by atoms with Gasteiger partial charge in [0.2, 0.25) is 14.3 Å². The van der Waals surface area contributed by atoms with Crippen molar-refractivity contribution in [3.8, 4) is 5.75 Å². The van der Waals surface area contributed by atoms with Gasteiger partial charge in [-0.05, 0) is 77.6 Å². The molecule has 1 fully saturated rings. The highest BCUT2D eigenvalue weighted by atomic mass is 32.2. The van der Waals surface area contributed by atoms with Gasteiger partial charge >= 0.3 is 0 Å². The molecule has 7 nitrogen and oxygen atoms in total. The van der Waals surface area contributed by atoms with Gasteiger partial charge in [-0.2, -0.15) is 0 Å². The van der Waals surface area contributed by atoms with Crippen molar-refractivity contribution in [2.75, 3.05) is 24.8 Å². The van der Waals surface area contributed by atoms with Crippen LogP contribution in [-0.2, 0) is 25.5 Å². The van der Waals surface area contributed by atoms with E-state index in [4.69, 9.17) is 23.6 Å². The van der Waals surface area contributed by atoms with Crippen LogP contribution in [-0.4, -0.2) is 64.5 Å². The molecule has 4 rings (SSSR count). The molecule has 2 aromatic rings. The summed E-state index contributed by atoms with van der Waals surface area (Å²) in [5.41, 5.74) is 3.44. The van der Waals surface area contributed by atoms with Gasteiger partial charge in [0.25, 0.3) is 0 Å². The Morgan fingerprint density at radius 3 is 2.20 bits per heavy atom. The number of carbonyl (C=O) groups is 1. The predicted octanol–water partition coefficient (Wildman–Crippen LogP) is 9.96. The highest BCUT2D eigenvalue weighted by molar-refractivity contribution is 8.04. The summed E-state index contributed by atoms with van der Waals surface area (Å²) < 4.78 is 19.9. The first kappa shape index (κ1) is 39.8. The van der Waals surface area contributed by atoms with Gasteiger partial charge < -0.3 is 18.9 Å². The van der Waals surface area contributed by atoms with Crippen LogP contribution in [0.5, 0.6) is 5.75 Å². The number of anilines is 1. The number of hydrogen-bond acceptors (Lipinski definition) is 8. The molecular weight excluding hydrogens is 663 g/mol. The normalized spacial score (nSPS) is 23.4. The van der Waals surface area contributed by atoms with Gasteiger partial charge in [0.1, 0.15) is 5.75 Å². The lowest BCUT2D eigenvalue weighted by molar-refractivity contribution is -0.104. The van der Waals surface area contributed by atoms with Crippen LogP contribution in [0, 0.1) is 5.92 Å². The molecule has 0 radical (unpaired) electrons. The van der Waals surface area contributed by atoms with Crippen LogP contribution in [0.15, 0.2) is 47.6 Å². The molecule has 4 atom stereocenters. The molecule has 1 N–H and O–H groups in total. The Hall–Kier alpha value is -1.99. The number of methoxy groups -OCH3 is 1. The van der Waals surface area contributed by atoms with Gasteiger partial charge in [0.05, 0.1) is 13.2 Å². The predicted molar refractivity (Wildman–Crippen MR) is 211 cm³/mol. The van der Waals surface area contributed by atoms with E-state index in [-0.39, 0.29) is 22.6 Å². The van der Waals surface area contributed by atoms with Crippen molar-refractivity contribution >= 4 is 40.6 Å². The second-order valence-electron chi connectivity index (χ2n) is 16.8. The van der Waals surface area contributed by atoms with Crippen LogP contribution in [0.4, 0.5) is 5.95 Å². The number of nitrogens with zero attached hydrogens (tertiary/aromatic N) is 2. The van der Waals surface area contributed by atoms with Crippen LogP contribution < -0.4 is 10.1 Å². The number of nitrogens with one attached hydrogen (secondary N) is 1. The van der Waals surface area contributed by atoms with Crippen molar-refractivity contribution in [2.24, 2.45) is 5.92 Å². The molecule has 0 bridgehead atoms. The number of para-hydroxylation sites is 1. The van der Waals surface area contributed by atoms with E-state index in [1.165, 1.54) is 0 Å². The van der Waals surface area contributed by atoms with Gasteiger partial charge in [-0.3, -0.25) is 4.79 Å². The molecular formula is C39H63N3O4SSi2. The lowest BCUT2D eigenvalue weighted by Crippen LogP contribution is -2.51. The minimum atomic E-state index is -2.09. The highest BCUT2D eigenvalue weighted by Gasteiger charge is 2.50. The quantitative estimate of drug-likeness (QED) is 0.135. The third-order valence-corrected chi connectivity index (χ3v) is 23.6. The van der Waals surface area contributed by atoms with Gasteiger partial charge in [0.15, 0.2) is 14.6 Å². The molecule has 1 aliphatic carbocycles. The average Bonchev–Trinajstić information content (AvgIpc) is 3.65. The van der Waals surface area contributed by atoms with Crippen LogP contribution in [0.1, 0.15) is 92.7 Å². The summed E-state index contributed by atoms with van der Waals surface area (Å²) >= 11 is 1.61. The van der Waals surface area contributed by atoms with Crippen molar-refractivity contribution in [3.05, 3.63) is 58.8 Å². The highest BCUT2D eigenvalue weighted by Crippen LogP contribution is 2.47. The fraction of sp³-hybridized carbons (Fsp3) is 0.667. The van der Waals surface area contributed by atoms with Crippen molar-refractivity contribution < 1.29 is 18.4 Å². The standard InChI is InChI=1S/C39H63N3O4SSi2/c1-27(2)49(28(3)4,29(5)6)46-36-20-33(19-31(36)25-45-48(11,12)38(7,8)9)42-37-40-22-32(23-41-37)39(21-34(24-43)47-26-39)18-17-30-15-13-14-16-35(30)44-10/h13-16,21-24,27-29,31,33,36H,17-20,25-26H2,1-12H3,(H,40,41,42)/t31-,33-,36+,39?/m1/s1. The number of benzene rings is 1. The summed E-state index contributed by atoms with van der Waals surface area (Å²) in [6.45, 7) is 26.6. The van der Waals surface area contributed by atoms with E-state index >= 15 is 0 Å². The first-order valence-electron chi connectivity index (χ1n) is 18.3. The summed E-state index contributed by atoms with van der Waals surface area (Å²) in [4.78, 5) is 22.3. The lowest BCUT2D eigenvalue weighted by Gasteiger charge is -2.45. The summed E-state index contributed by atoms with van der Waals surface area (Å²) in [5, 5.41) is 3.86. The first-order valence-corrected chi connectivity index (χ1v) is 24.3. The topological polar surface area (TPSA) is 82.6 Å². The average molecular weight is 726 g/mol. The zero-order chi connectivity index (χ0) is 36.2. The number of allylic oxidation sites excluding steroid dienone is 2. The van der Waals surface area contributed by atoms with E-state index in [0.29, 0.717) is 28.5 Å². The zero-order valence-electron chi connectivity index (χ0n) is 32.3. The third kappa shape index (κ3) is 8.91. The van der Waals surface area contributed by atoms with Crippen molar-refractivity contribution in [3.63, 3.8) is 0 Å². The minimum absolute atomic E-state index is 0.140. The molecule has 2 aliphatic rings. The van der Waals surface area contributed by atoms with E-state index < -0.39 is 16.6 Å². The molecule has 272 valence electrons. The molecule has 1 aliphatic heterocycles. The van der Waals surface area contributed by atoms with Crippen molar-refractivity contribution in [1.29, 1.82) is 0 Å². The summed E-state index contributed by atoms with van der Waals surface area (Å²) in [5.74, 6) is 2.64. The molecule has 49 heavy (non-hydrogen) atoms. The third-order valence-electron chi connectivity index (χ3n) is 11.8. The molecule has 0 amide bonds. The second kappa shape index (κ2) is 16.1. The number of aryl methyl sites for hydroxylation is 1. The summed E-state index contributed by atoms with van der Waals surface area (Å²) in [7, 11) is -2.29. The Kier molecular flexibility index (Phi) is 13.1. The molecule has 0 saturated heterocycles. The van der Waals surface area contributed by atoms with Crippen LogP contribution in [0.25, 0.3) is 0 Å². The molecule has 10 heteroatoms. The number of ether oxygens (including phenoxy) is 1. The number of hydrogen-bond donors (Lipinski definition) is 1. The lowest BCUT2D eigenvalue weighted by atomic mass is 9.78. The molecule has 1 aromatic heterocycles. The number of aldehydes is 1. The largest absolute Gasteiger partial charge is 0.496 e. The van der Waals surface area contributed by atoms with Gasteiger partial charge in [0, 0.05) is 47.0 Å². The number of carbonyl (C=O) groups excluding carboxylic acids is 1. The van der Waals surface area contributed by atoms with E-state index in [0.717, 1.165) is 66.1 Å². The molecule has 1 unspecified atom stereocenters. The van der Waals surface area contributed by atoms with Crippen molar-refractivity contribution in [2.45, 2.75) is 140 Å². The van der Waals surface area contributed by atoms with E-state index in [9.17, 15) is 4.79 Å². The monoisotopic (exact) mass is 725 g/mol. The van der Waals surface area contributed by atoms with Gasteiger partial charge in [-0.15, -0.1) is 11.8 Å². The van der Waals surface area contributed by atoms with E-state index in [2.05, 4.69) is 92.9 Å². The Labute approximate surface area is 303 Å². The summed E-state index contributed by atoms with van der Waals surface area (Å²) in [6.07, 6.45) is 10.7. The van der Waals surface area contributed by atoms with Gasteiger partial charge in [-0.25, -0.2) is 9.97 Å². The summed E-state index contributed by atoms with van der Waals surface area (Å²) in [6, 6.07) is 8.35. The molecule has 1 aromatic carbocycles. The maximum absolute atomic E-state index is 11.8. The van der Waals surface area contributed by atoms with Crippen molar-refractivity contribution in [1.82, 2.24) is 9.97 Å². The molecule has 2 heterocycles. The zero-order valence-corrected chi connectivity index (χ0v) is 35.1. The number of rotatable bonds is 16. The Morgan fingerprint density at radius 1 is 1.02 bits per heavy atom. The smallest absolute Gasteiger partial charge is 0.222 e. The second-order valence-corrected chi connectivity index (χ2v) is 28.1. The Balaban J connectivity index is 1.55. The molecule has 0 spiro atoms. The van der Waals surface area contributed by atoms with Crippen LogP contribution in [0.3, 0.4) is 0 Å². The maximum Gasteiger partial charge on any atom is 0.222 e. The van der Waals surface area contributed by atoms with E-state index in [1.54, 1.807) is 18.9 Å². The number of aromatic nitrogens is 2. The number of thioether (sulfide) groups is 1. The van der Waals surface area contributed by atoms with Gasteiger partial charge in [-0.1, -0.05) is 86.6 Å².